The molecule has 0 spiro atoms. The van der Waals surface area contributed by atoms with Crippen LogP contribution in [-0.2, 0) is 6.42 Å². The van der Waals surface area contributed by atoms with Crippen LogP contribution in [0.2, 0.25) is 0 Å². The summed E-state index contributed by atoms with van der Waals surface area (Å²) < 4.78 is 0. The van der Waals surface area contributed by atoms with E-state index in [9.17, 15) is 15.0 Å². The number of aromatic hydroxyl groups is 1. The average Bonchev–Trinajstić information content (AvgIpc) is 3.05. The fourth-order valence-electron chi connectivity index (χ4n) is 5.18. The van der Waals surface area contributed by atoms with E-state index in [1.165, 1.54) is 0 Å². The Balaban J connectivity index is 2.04. The third kappa shape index (κ3) is 1.66. The summed E-state index contributed by atoms with van der Waals surface area (Å²) >= 11 is 0. The smallest absolute Gasteiger partial charge is 0.167 e. The first kappa shape index (κ1) is 14.9. The first-order valence-electron chi connectivity index (χ1n) is 8.54. The molecular weight excluding hydrogens is 288 g/mol. The second-order valence-electron chi connectivity index (χ2n) is 7.98. The number of aliphatic hydroxyl groups excluding tert-OH is 1. The Morgan fingerprint density at radius 1 is 1.35 bits per heavy atom. The Labute approximate surface area is 137 Å². The predicted octanol–water partition coefficient (Wildman–Crippen LogP) is 3.59. The number of carbonyl (C=O) groups excluding carboxylic acids is 1. The molecule has 0 aromatic heterocycles. The van der Waals surface area contributed by atoms with Crippen molar-refractivity contribution < 1.29 is 15.0 Å². The number of carbonyl (C=O) groups is 1. The van der Waals surface area contributed by atoms with Crippen molar-refractivity contribution in [3.8, 4) is 5.75 Å². The van der Waals surface area contributed by atoms with Crippen LogP contribution in [0.4, 0.5) is 0 Å². The Morgan fingerprint density at radius 3 is 2.70 bits per heavy atom. The molecule has 0 saturated heterocycles. The summed E-state index contributed by atoms with van der Waals surface area (Å²) in [6.45, 7) is 10.4. The van der Waals surface area contributed by atoms with Gasteiger partial charge < -0.3 is 10.2 Å². The lowest BCUT2D eigenvalue weighted by atomic mass is 9.83. The van der Waals surface area contributed by atoms with E-state index in [1.54, 1.807) is 0 Å². The van der Waals surface area contributed by atoms with Crippen molar-refractivity contribution in [1.29, 1.82) is 0 Å². The number of aliphatic hydroxyl groups is 1. The molecule has 3 heteroatoms. The average molecular weight is 312 g/mol. The summed E-state index contributed by atoms with van der Waals surface area (Å²) in [5.41, 5.74) is 5.37. The maximum absolute atomic E-state index is 12.7. The van der Waals surface area contributed by atoms with Crippen LogP contribution in [0.25, 0.3) is 5.57 Å². The number of benzene rings is 1. The molecule has 0 unspecified atom stereocenters. The molecule has 3 aliphatic rings. The van der Waals surface area contributed by atoms with Crippen LogP contribution in [-0.4, -0.2) is 22.6 Å². The SMILES string of the molecule is C=C1CC[C@H]2[C@@H](c3c(C)c(O)c4c(c31)C(=O)[C@H](C)C4)[C@]2(C)CO. The molecule has 0 aliphatic heterocycles. The second kappa shape index (κ2) is 4.47. The minimum atomic E-state index is -0.131. The molecule has 4 rings (SSSR count). The van der Waals surface area contributed by atoms with E-state index in [1.807, 2.05) is 13.8 Å². The quantitative estimate of drug-likeness (QED) is 0.833. The van der Waals surface area contributed by atoms with E-state index < -0.39 is 0 Å². The largest absolute Gasteiger partial charge is 0.507 e. The first-order valence-corrected chi connectivity index (χ1v) is 8.54. The molecule has 1 aromatic carbocycles. The van der Waals surface area contributed by atoms with E-state index in [2.05, 4.69) is 13.5 Å². The number of phenolic OH excluding ortho intramolecular Hbond substituents is 1. The highest BCUT2D eigenvalue weighted by Crippen LogP contribution is 2.70. The summed E-state index contributed by atoms with van der Waals surface area (Å²) in [6, 6.07) is 0. The molecule has 4 atom stereocenters. The Kier molecular flexibility index (Phi) is 2.91. The molecule has 1 aromatic rings. The van der Waals surface area contributed by atoms with E-state index in [0.717, 1.165) is 40.7 Å². The van der Waals surface area contributed by atoms with Gasteiger partial charge in [-0.3, -0.25) is 4.79 Å². The van der Waals surface area contributed by atoms with Gasteiger partial charge in [-0.25, -0.2) is 0 Å². The number of ketones is 1. The number of hydrogen-bond acceptors (Lipinski definition) is 3. The van der Waals surface area contributed by atoms with Crippen LogP contribution in [0.5, 0.6) is 5.75 Å². The van der Waals surface area contributed by atoms with Crippen molar-refractivity contribution in [3.05, 3.63) is 34.4 Å². The van der Waals surface area contributed by atoms with Gasteiger partial charge in [-0.05, 0) is 60.3 Å². The normalized spacial score (nSPS) is 34.7. The Morgan fingerprint density at radius 2 is 2.04 bits per heavy atom. The van der Waals surface area contributed by atoms with E-state index in [4.69, 9.17) is 0 Å². The fraction of sp³-hybridized carbons (Fsp3) is 0.550. The van der Waals surface area contributed by atoms with Crippen molar-refractivity contribution in [2.45, 2.75) is 46.0 Å². The second-order valence-corrected chi connectivity index (χ2v) is 7.98. The van der Waals surface area contributed by atoms with Crippen molar-refractivity contribution in [2.24, 2.45) is 17.3 Å². The molecule has 3 aliphatic carbocycles. The molecular formula is C20H24O3. The van der Waals surface area contributed by atoms with Crippen LogP contribution >= 0.6 is 0 Å². The highest BCUT2D eigenvalue weighted by molar-refractivity contribution is 6.07. The number of hydrogen-bond donors (Lipinski definition) is 2. The van der Waals surface area contributed by atoms with Gasteiger partial charge in [-0.2, -0.15) is 0 Å². The molecule has 3 nitrogen and oxygen atoms in total. The summed E-state index contributed by atoms with van der Waals surface area (Å²) in [7, 11) is 0. The minimum absolute atomic E-state index is 0.0721. The minimum Gasteiger partial charge on any atom is -0.507 e. The van der Waals surface area contributed by atoms with Crippen molar-refractivity contribution in [3.63, 3.8) is 0 Å². The van der Waals surface area contributed by atoms with Gasteiger partial charge in [-0.15, -0.1) is 0 Å². The molecule has 1 saturated carbocycles. The molecule has 2 N–H and O–H groups in total. The van der Waals surface area contributed by atoms with Crippen LogP contribution in [0.1, 0.15) is 65.2 Å². The Hall–Kier alpha value is -1.61. The molecule has 0 amide bonds. The number of rotatable bonds is 1. The molecule has 0 bridgehead atoms. The lowest BCUT2D eigenvalue weighted by Gasteiger charge is -2.21. The lowest BCUT2D eigenvalue weighted by Crippen LogP contribution is -2.12. The van der Waals surface area contributed by atoms with Crippen LogP contribution in [0.15, 0.2) is 6.58 Å². The predicted molar refractivity (Wildman–Crippen MR) is 89.7 cm³/mol. The van der Waals surface area contributed by atoms with E-state index in [0.29, 0.717) is 17.9 Å². The maximum Gasteiger partial charge on any atom is 0.167 e. The number of Topliss-reactive ketones (excluding diaryl/α,β-unsaturated/α-hetero) is 1. The van der Waals surface area contributed by atoms with E-state index >= 15 is 0 Å². The summed E-state index contributed by atoms with van der Waals surface area (Å²) in [4.78, 5) is 12.7. The highest BCUT2D eigenvalue weighted by Gasteiger charge is 2.63. The molecule has 23 heavy (non-hydrogen) atoms. The molecule has 0 heterocycles. The zero-order valence-electron chi connectivity index (χ0n) is 14.1. The zero-order chi connectivity index (χ0) is 16.7. The number of phenols is 1. The monoisotopic (exact) mass is 312 g/mol. The molecule has 1 fully saturated rings. The van der Waals surface area contributed by atoms with Gasteiger partial charge in [0.15, 0.2) is 5.78 Å². The van der Waals surface area contributed by atoms with Crippen molar-refractivity contribution >= 4 is 11.4 Å². The summed E-state index contributed by atoms with van der Waals surface area (Å²) in [5, 5.41) is 20.6. The number of allylic oxidation sites excluding steroid dienone is 1. The van der Waals surface area contributed by atoms with Gasteiger partial charge in [0.2, 0.25) is 0 Å². The summed E-state index contributed by atoms with van der Waals surface area (Å²) in [6.07, 6.45) is 2.47. The van der Waals surface area contributed by atoms with Crippen molar-refractivity contribution in [2.75, 3.05) is 6.61 Å². The van der Waals surface area contributed by atoms with Gasteiger partial charge in [0.1, 0.15) is 5.75 Å². The van der Waals surface area contributed by atoms with E-state index in [-0.39, 0.29) is 35.4 Å². The molecule has 122 valence electrons. The maximum atomic E-state index is 12.7. The van der Waals surface area contributed by atoms with Gasteiger partial charge in [0.05, 0.1) is 0 Å². The van der Waals surface area contributed by atoms with Gasteiger partial charge in [0.25, 0.3) is 0 Å². The summed E-state index contributed by atoms with van der Waals surface area (Å²) in [5.74, 6) is 0.990. The fourth-order valence-corrected chi connectivity index (χ4v) is 5.18. The number of fused-ring (bicyclic) bond motifs is 5. The first-order chi connectivity index (χ1) is 10.8. The third-order valence-corrected chi connectivity index (χ3v) is 6.68. The van der Waals surface area contributed by atoms with Crippen LogP contribution < -0.4 is 0 Å². The van der Waals surface area contributed by atoms with Gasteiger partial charge in [0, 0.05) is 29.1 Å². The van der Waals surface area contributed by atoms with Gasteiger partial charge >= 0.3 is 0 Å². The third-order valence-electron chi connectivity index (χ3n) is 6.68. The highest BCUT2D eigenvalue weighted by atomic mass is 16.3. The van der Waals surface area contributed by atoms with Crippen LogP contribution in [0.3, 0.4) is 0 Å². The molecule has 0 radical (unpaired) electrons. The Bertz CT molecular complexity index is 761. The zero-order valence-corrected chi connectivity index (χ0v) is 14.1. The van der Waals surface area contributed by atoms with Crippen LogP contribution in [0, 0.1) is 24.2 Å². The topological polar surface area (TPSA) is 57.5 Å². The van der Waals surface area contributed by atoms with Gasteiger partial charge in [-0.1, -0.05) is 20.4 Å². The van der Waals surface area contributed by atoms with Crippen molar-refractivity contribution in [1.82, 2.24) is 0 Å². The lowest BCUT2D eigenvalue weighted by molar-refractivity contribution is 0.0946. The standard InChI is InChI=1S/C20H24O3/c1-9-5-6-13-17(20(13,4)8-21)15-11(3)19(23)12-7-10(2)18(22)16(12)14(9)15/h10,13,17,21,23H,1,5-8H2,2-4H3/t10-,13+,17+,20-/m1/s1.